The predicted octanol–water partition coefficient (Wildman–Crippen LogP) is 2.79. The van der Waals surface area contributed by atoms with Crippen LogP contribution in [0.4, 0.5) is 5.69 Å². The lowest BCUT2D eigenvalue weighted by atomic mass is 9.63. The number of fused-ring (bicyclic) bond motifs is 1. The Morgan fingerprint density at radius 1 is 1.00 bits per heavy atom. The van der Waals surface area contributed by atoms with E-state index in [9.17, 15) is 9.59 Å². The van der Waals surface area contributed by atoms with E-state index in [4.69, 9.17) is 4.74 Å². The van der Waals surface area contributed by atoms with E-state index in [1.54, 1.807) is 12.1 Å². The summed E-state index contributed by atoms with van der Waals surface area (Å²) in [5, 5.41) is 0. The number of ether oxygens (including phenoxy) is 1. The van der Waals surface area contributed by atoms with E-state index in [1.165, 1.54) is 4.90 Å². The van der Waals surface area contributed by atoms with E-state index >= 15 is 0 Å². The molecule has 5 rings (SSSR count). The Hall–Kier alpha value is -2.10. The summed E-state index contributed by atoms with van der Waals surface area (Å²) in [5.74, 6) is 0.866. The van der Waals surface area contributed by atoms with Crippen LogP contribution in [-0.2, 0) is 9.59 Å². The highest BCUT2D eigenvalue weighted by molar-refractivity contribution is 6.22. The molecule has 1 aromatic carbocycles. The quantitative estimate of drug-likeness (QED) is 0.636. The second-order valence-corrected chi connectivity index (χ2v) is 6.28. The van der Waals surface area contributed by atoms with Gasteiger partial charge in [-0.1, -0.05) is 12.2 Å². The average Bonchev–Trinajstić information content (AvgIpc) is 2.84. The lowest BCUT2D eigenvalue weighted by Gasteiger charge is -2.38. The van der Waals surface area contributed by atoms with Crippen LogP contribution in [0.1, 0.15) is 19.8 Å². The number of rotatable bonds is 3. The van der Waals surface area contributed by atoms with Gasteiger partial charge in [0.1, 0.15) is 5.75 Å². The van der Waals surface area contributed by atoms with E-state index in [2.05, 4.69) is 12.2 Å². The number of anilines is 1. The van der Waals surface area contributed by atoms with Crippen molar-refractivity contribution >= 4 is 17.5 Å². The number of imide groups is 1. The standard InChI is InChI=1S/C18H19NO3/c1-2-22-14-9-7-13(8-10-14)19-17(20)15-11-3-4-12(6-5-11)16(15)18(19)21/h3-4,7-12,15-16H,2,5-6H2,1H3/t11-,12+,15-,16+. The van der Waals surface area contributed by atoms with Crippen molar-refractivity contribution < 1.29 is 14.3 Å². The Kier molecular flexibility index (Phi) is 3.06. The lowest BCUT2D eigenvalue weighted by Crippen LogP contribution is -2.38. The summed E-state index contributed by atoms with van der Waals surface area (Å²) in [4.78, 5) is 27.0. The van der Waals surface area contributed by atoms with Gasteiger partial charge in [-0.25, -0.2) is 0 Å². The SMILES string of the molecule is CCOc1ccc(N2C(=O)[C@@H]3[C@H](C2=O)[C@@H]2C=C[C@H]3CC2)cc1. The van der Waals surface area contributed by atoms with Crippen LogP contribution in [0, 0.1) is 23.7 Å². The molecular formula is C18H19NO3. The normalized spacial score (nSPS) is 32.5. The van der Waals surface area contributed by atoms with Crippen molar-refractivity contribution in [2.24, 2.45) is 23.7 Å². The number of carbonyl (C=O) groups is 2. The third-order valence-electron chi connectivity index (χ3n) is 5.17. The highest BCUT2D eigenvalue weighted by Gasteiger charge is 2.56. The van der Waals surface area contributed by atoms with Crippen LogP contribution >= 0.6 is 0 Å². The van der Waals surface area contributed by atoms with Crippen molar-refractivity contribution in [1.82, 2.24) is 0 Å². The number of nitrogens with zero attached hydrogens (tertiary/aromatic N) is 1. The van der Waals surface area contributed by atoms with E-state index in [-0.39, 0.29) is 35.5 Å². The molecule has 1 aromatic rings. The molecule has 0 radical (unpaired) electrons. The van der Waals surface area contributed by atoms with Gasteiger partial charge in [0, 0.05) is 0 Å². The number of hydrogen-bond donors (Lipinski definition) is 0. The molecule has 1 heterocycles. The molecule has 0 aromatic heterocycles. The summed E-state index contributed by atoms with van der Waals surface area (Å²) < 4.78 is 5.42. The van der Waals surface area contributed by atoms with Crippen LogP contribution < -0.4 is 9.64 Å². The van der Waals surface area contributed by atoms with Gasteiger partial charge in [-0.15, -0.1) is 0 Å². The first-order chi connectivity index (χ1) is 10.7. The molecule has 1 saturated heterocycles. The highest BCUT2D eigenvalue weighted by Crippen LogP contribution is 2.50. The monoisotopic (exact) mass is 297 g/mol. The Bertz CT molecular complexity index is 617. The molecule has 22 heavy (non-hydrogen) atoms. The minimum Gasteiger partial charge on any atom is -0.494 e. The third kappa shape index (κ3) is 1.83. The summed E-state index contributed by atoms with van der Waals surface area (Å²) in [7, 11) is 0. The third-order valence-corrected chi connectivity index (χ3v) is 5.17. The van der Waals surface area contributed by atoms with Gasteiger partial charge >= 0.3 is 0 Å². The molecule has 2 amide bonds. The Labute approximate surface area is 129 Å². The summed E-state index contributed by atoms with van der Waals surface area (Å²) in [6.07, 6.45) is 6.33. The molecule has 0 spiro atoms. The maximum absolute atomic E-state index is 12.8. The first kappa shape index (κ1) is 13.6. The molecule has 1 saturated carbocycles. The Morgan fingerprint density at radius 2 is 1.55 bits per heavy atom. The first-order valence-corrected chi connectivity index (χ1v) is 7.99. The smallest absolute Gasteiger partial charge is 0.238 e. The molecule has 0 unspecified atom stereocenters. The van der Waals surface area contributed by atoms with Crippen LogP contribution in [0.15, 0.2) is 36.4 Å². The molecule has 4 nitrogen and oxygen atoms in total. The van der Waals surface area contributed by atoms with E-state index < -0.39 is 0 Å². The number of allylic oxidation sites excluding steroid dienone is 2. The fraction of sp³-hybridized carbons (Fsp3) is 0.444. The van der Waals surface area contributed by atoms with E-state index in [1.807, 2.05) is 19.1 Å². The van der Waals surface area contributed by atoms with E-state index in [0.29, 0.717) is 12.3 Å². The molecule has 114 valence electrons. The zero-order chi connectivity index (χ0) is 15.3. The van der Waals surface area contributed by atoms with Crippen molar-refractivity contribution in [3.05, 3.63) is 36.4 Å². The van der Waals surface area contributed by atoms with Crippen LogP contribution in [0.2, 0.25) is 0 Å². The van der Waals surface area contributed by atoms with Gasteiger partial charge in [0.05, 0.1) is 24.1 Å². The predicted molar refractivity (Wildman–Crippen MR) is 82.4 cm³/mol. The van der Waals surface area contributed by atoms with Gasteiger partial charge in [-0.3, -0.25) is 14.5 Å². The van der Waals surface area contributed by atoms with Gasteiger partial charge in [0.2, 0.25) is 11.8 Å². The van der Waals surface area contributed by atoms with Gasteiger partial charge in [0.15, 0.2) is 0 Å². The van der Waals surface area contributed by atoms with Crippen LogP contribution in [0.5, 0.6) is 5.75 Å². The molecular weight excluding hydrogens is 278 g/mol. The molecule has 0 N–H and O–H groups in total. The van der Waals surface area contributed by atoms with Crippen LogP contribution in [-0.4, -0.2) is 18.4 Å². The second-order valence-electron chi connectivity index (χ2n) is 6.28. The van der Waals surface area contributed by atoms with Gasteiger partial charge < -0.3 is 4.74 Å². The van der Waals surface area contributed by atoms with Crippen molar-refractivity contribution in [1.29, 1.82) is 0 Å². The van der Waals surface area contributed by atoms with Crippen LogP contribution in [0.25, 0.3) is 0 Å². The highest BCUT2D eigenvalue weighted by atomic mass is 16.5. The lowest BCUT2D eigenvalue weighted by molar-refractivity contribution is -0.124. The molecule has 4 heteroatoms. The van der Waals surface area contributed by atoms with Crippen molar-refractivity contribution in [2.45, 2.75) is 19.8 Å². The molecule has 2 bridgehead atoms. The number of carbonyl (C=O) groups excluding carboxylic acids is 2. The van der Waals surface area contributed by atoms with Crippen molar-refractivity contribution in [2.75, 3.05) is 11.5 Å². The van der Waals surface area contributed by atoms with Gasteiger partial charge in [-0.2, -0.15) is 0 Å². The summed E-state index contributed by atoms with van der Waals surface area (Å²) in [6.45, 7) is 2.52. The first-order valence-electron chi connectivity index (χ1n) is 7.99. The summed E-state index contributed by atoms with van der Waals surface area (Å²) in [5.41, 5.74) is 0.659. The van der Waals surface area contributed by atoms with E-state index in [0.717, 1.165) is 18.6 Å². The van der Waals surface area contributed by atoms with Gasteiger partial charge in [0.25, 0.3) is 0 Å². The van der Waals surface area contributed by atoms with Crippen molar-refractivity contribution in [3.63, 3.8) is 0 Å². The van der Waals surface area contributed by atoms with Gasteiger partial charge in [-0.05, 0) is 55.9 Å². The number of hydrogen-bond acceptors (Lipinski definition) is 3. The van der Waals surface area contributed by atoms with Crippen molar-refractivity contribution in [3.8, 4) is 5.75 Å². The molecule has 4 atom stereocenters. The summed E-state index contributed by atoms with van der Waals surface area (Å²) >= 11 is 0. The molecule has 1 aliphatic heterocycles. The number of benzene rings is 1. The fourth-order valence-electron chi connectivity index (χ4n) is 4.19. The van der Waals surface area contributed by atoms with Crippen LogP contribution in [0.3, 0.4) is 0 Å². The largest absolute Gasteiger partial charge is 0.494 e. The molecule has 4 aliphatic rings. The second kappa shape index (κ2) is 4.97. The number of amides is 2. The maximum Gasteiger partial charge on any atom is 0.238 e. The maximum atomic E-state index is 12.8. The Balaban J connectivity index is 1.66. The minimum absolute atomic E-state index is 0.0294. The zero-order valence-corrected chi connectivity index (χ0v) is 12.6. The fourth-order valence-corrected chi connectivity index (χ4v) is 4.19. The average molecular weight is 297 g/mol. The Morgan fingerprint density at radius 3 is 2.00 bits per heavy atom. The minimum atomic E-state index is -0.150. The zero-order valence-electron chi connectivity index (χ0n) is 12.6. The molecule has 2 fully saturated rings. The summed E-state index contributed by atoms with van der Waals surface area (Å²) in [6, 6.07) is 7.23. The topological polar surface area (TPSA) is 46.6 Å². The molecule has 3 aliphatic carbocycles.